The predicted molar refractivity (Wildman–Crippen MR) is 107 cm³/mol. The van der Waals surface area contributed by atoms with E-state index in [1.807, 2.05) is 40.4 Å². The second-order valence-corrected chi connectivity index (χ2v) is 5.90. The van der Waals surface area contributed by atoms with Gasteiger partial charge in [-0.15, -0.1) is 35.3 Å². The summed E-state index contributed by atoms with van der Waals surface area (Å²) >= 11 is 1.63. The summed E-state index contributed by atoms with van der Waals surface area (Å²) in [5, 5.41) is 8.72. The fourth-order valence-corrected chi connectivity index (χ4v) is 2.98. The van der Waals surface area contributed by atoms with Crippen LogP contribution >= 0.6 is 35.3 Å². The molecule has 0 aliphatic heterocycles. The average Bonchev–Trinajstić information content (AvgIpc) is 3.13. The molecule has 0 aliphatic carbocycles. The van der Waals surface area contributed by atoms with E-state index in [-0.39, 0.29) is 30.0 Å². The van der Waals surface area contributed by atoms with Gasteiger partial charge in [-0.1, -0.05) is 30.3 Å². The lowest BCUT2D eigenvalue weighted by Gasteiger charge is -2.17. The van der Waals surface area contributed by atoms with Crippen molar-refractivity contribution in [2.75, 3.05) is 7.05 Å². The molecule has 0 aliphatic rings. The SMILES string of the molecule is CN=C(NCc1cn2ccsc2n1)NC(C)c1ccccc1.I. The maximum Gasteiger partial charge on any atom is 0.193 e. The van der Waals surface area contributed by atoms with Crippen LogP contribution in [0.5, 0.6) is 0 Å². The third-order valence-electron chi connectivity index (χ3n) is 3.46. The quantitative estimate of drug-likeness (QED) is 0.371. The van der Waals surface area contributed by atoms with Gasteiger partial charge in [0.05, 0.1) is 18.3 Å². The van der Waals surface area contributed by atoms with Gasteiger partial charge in [0.2, 0.25) is 0 Å². The molecule has 0 fully saturated rings. The highest BCUT2D eigenvalue weighted by atomic mass is 127. The minimum Gasteiger partial charge on any atom is -0.351 e. The first-order chi connectivity index (χ1) is 10.8. The minimum atomic E-state index is 0. The molecule has 0 amide bonds. The Labute approximate surface area is 156 Å². The third-order valence-corrected chi connectivity index (χ3v) is 4.23. The Balaban J connectivity index is 0.00000192. The molecule has 0 spiro atoms. The third kappa shape index (κ3) is 4.44. The molecular weight excluding hydrogens is 421 g/mol. The van der Waals surface area contributed by atoms with Crippen LogP contribution in [-0.4, -0.2) is 22.4 Å². The van der Waals surface area contributed by atoms with Crippen molar-refractivity contribution >= 4 is 46.2 Å². The highest BCUT2D eigenvalue weighted by molar-refractivity contribution is 14.0. The van der Waals surface area contributed by atoms with E-state index in [9.17, 15) is 0 Å². The number of halogens is 1. The zero-order chi connectivity index (χ0) is 15.4. The molecule has 2 heterocycles. The Morgan fingerprint density at radius 3 is 2.83 bits per heavy atom. The van der Waals surface area contributed by atoms with E-state index in [1.54, 1.807) is 18.4 Å². The van der Waals surface area contributed by atoms with E-state index < -0.39 is 0 Å². The van der Waals surface area contributed by atoms with Gasteiger partial charge in [0.15, 0.2) is 10.9 Å². The zero-order valence-electron chi connectivity index (χ0n) is 13.1. The number of hydrogen-bond acceptors (Lipinski definition) is 3. The molecule has 3 rings (SSSR count). The number of hydrogen-bond donors (Lipinski definition) is 2. The van der Waals surface area contributed by atoms with Crippen LogP contribution in [-0.2, 0) is 6.54 Å². The minimum absolute atomic E-state index is 0. The van der Waals surface area contributed by atoms with Crippen molar-refractivity contribution in [2.24, 2.45) is 4.99 Å². The number of imidazole rings is 1. The first-order valence-corrected chi connectivity index (χ1v) is 8.07. The van der Waals surface area contributed by atoms with Crippen molar-refractivity contribution in [1.82, 2.24) is 20.0 Å². The first-order valence-electron chi connectivity index (χ1n) is 7.19. The predicted octanol–water partition coefficient (Wildman–Crippen LogP) is 3.44. The molecule has 0 bridgehead atoms. The molecule has 0 saturated heterocycles. The molecular formula is C16H20IN5S. The Bertz CT molecular complexity index is 736. The van der Waals surface area contributed by atoms with Gasteiger partial charge in [0, 0.05) is 24.8 Å². The Morgan fingerprint density at radius 2 is 2.13 bits per heavy atom. The van der Waals surface area contributed by atoms with Crippen molar-refractivity contribution in [3.8, 4) is 0 Å². The summed E-state index contributed by atoms with van der Waals surface area (Å²) in [6.07, 6.45) is 4.05. The van der Waals surface area contributed by atoms with Crippen molar-refractivity contribution in [3.05, 3.63) is 59.4 Å². The number of rotatable bonds is 4. The van der Waals surface area contributed by atoms with E-state index in [1.165, 1.54) is 5.56 Å². The second kappa shape index (κ2) is 8.30. The molecule has 7 heteroatoms. The van der Waals surface area contributed by atoms with Gasteiger partial charge in [0.25, 0.3) is 0 Å². The molecule has 3 aromatic rings. The summed E-state index contributed by atoms with van der Waals surface area (Å²) in [5.74, 6) is 0.771. The average molecular weight is 441 g/mol. The van der Waals surface area contributed by atoms with Crippen molar-refractivity contribution in [2.45, 2.75) is 19.5 Å². The van der Waals surface area contributed by atoms with E-state index in [0.717, 1.165) is 16.6 Å². The fraction of sp³-hybridized carbons (Fsp3) is 0.250. The highest BCUT2D eigenvalue weighted by Crippen LogP contribution is 2.12. The summed E-state index contributed by atoms with van der Waals surface area (Å²) in [6.45, 7) is 2.77. The van der Waals surface area contributed by atoms with Crippen LogP contribution in [0.4, 0.5) is 0 Å². The van der Waals surface area contributed by atoms with E-state index in [0.29, 0.717) is 6.54 Å². The van der Waals surface area contributed by atoms with Crippen LogP contribution in [0, 0.1) is 0 Å². The van der Waals surface area contributed by atoms with Crippen molar-refractivity contribution in [3.63, 3.8) is 0 Å². The lowest BCUT2D eigenvalue weighted by molar-refractivity contribution is 0.683. The van der Waals surface area contributed by atoms with Gasteiger partial charge in [0.1, 0.15) is 0 Å². The fourth-order valence-electron chi connectivity index (χ4n) is 2.26. The van der Waals surface area contributed by atoms with E-state index >= 15 is 0 Å². The molecule has 122 valence electrons. The summed E-state index contributed by atoms with van der Waals surface area (Å²) < 4.78 is 2.03. The molecule has 1 atom stereocenters. The van der Waals surface area contributed by atoms with Gasteiger partial charge >= 0.3 is 0 Å². The van der Waals surface area contributed by atoms with Crippen molar-refractivity contribution in [1.29, 1.82) is 0 Å². The lowest BCUT2D eigenvalue weighted by atomic mass is 10.1. The van der Waals surface area contributed by atoms with Crippen LogP contribution < -0.4 is 10.6 Å². The van der Waals surface area contributed by atoms with Crippen LogP contribution in [0.25, 0.3) is 4.96 Å². The Kier molecular flexibility index (Phi) is 6.40. The van der Waals surface area contributed by atoms with Crippen LogP contribution in [0.2, 0.25) is 0 Å². The monoisotopic (exact) mass is 441 g/mol. The van der Waals surface area contributed by atoms with Gasteiger partial charge in [-0.2, -0.15) is 0 Å². The number of aliphatic imine (C=N–C) groups is 1. The maximum absolute atomic E-state index is 4.55. The molecule has 0 radical (unpaired) electrons. The van der Waals surface area contributed by atoms with E-state index in [2.05, 4.69) is 39.7 Å². The summed E-state index contributed by atoms with van der Waals surface area (Å²) in [4.78, 5) is 9.84. The summed E-state index contributed by atoms with van der Waals surface area (Å²) in [7, 11) is 1.78. The van der Waals surface area contributed by atoms with Crippen molar-refractivity contribution < 1.29 is 0 Å². The molecule has 1 unspecified atom stereocenters. The Hall–Kier alpha value is -1.61. The smallest absolute Gasteiger partial charge is 0.193 e. The van der Waals surface area contributed by atoms with Gasteiger partial charge in [-0.3, -0.25) is 9.39 Å². The number of nitrogens with zero attached hydrogens (tertiary/aromatic N) is 3. The van der Waals surface area contributed by atoms with Gasteiger partial charge < -0.3 is 10.6 Å². The van der Waals surface area contributed by atoms with E-state index in [4.69, 9.17) is 0 Å². The Morgan fingerprint density at radius 1 is 1.35 bits per heavy atom. The largest absolute Gasteiger partial charge is 0.351 e. The standard InChI is InChI=1S/C16H19N5S.HI/c1-12(13-6-4-3-5-7-13)19-15(17-2)18-10-14-11-21-8-9-22-16(21)20-14;/h3-9,11-12H,10H2,1-2H3,(H2,17,18,19);1H. The van der Waals surface area contributed by atoms with Crippen LogP contribution in [0.3, 0.4) is 0 Å². The molecule has 0 saturated carbocycles. The second-order valence-electron chi connectivity index (χ2n) is 5.03. The van der Waals surface area contributed by atoms with Gasteiger partial charge in [-0.05, 0) is 12.5 Å². The number of aromatic nitrogens is 2. The van der Waals surface area contributed by atoms with Gasteiger partial charge in [-0.25, -0.2) is 4.98 Å². The first kappa shape index (κ1) is 17.7. The number of nitrogens with one attached hydrogen (secondary N) is 2. The summed E-state index contributed by atoms with van der Waals surface area (Å²) in [6, 6.07) is 10.5. The summed E-state index contributed by atoms with van der Waals surface area (Å²) in [5.41, 5.74) is 2.23. The topological polar surface area (TPSA) is 53.7 Å². The number of guanidine groups is 1. The number of fused-ring (bicyclic) bond motifs is 1. The van der Waals surface area contributed by atoms with Crippen LogP contribution in [0.1, 0.15) is 24.2 Å². The molecule has 2 aromatic heterocycles. The molecule has 1 aromatic carbocycles. The normalized spacial score (nSPS) is 12.7. The molecule has 23 heavy (non-hydrogen) atoms. The van der Waals surface area contributed by atoms with Crippen LogP contribution in [0.15, 0.2) is 53.1 Å². The highest BCUT2D eigenvalue weighted by Gasteiger charge is 2.08. The lowest BCUT2D eigenvalue weighted by Crippen LogP contribution is -2.38. The molecule has 2 N–H and O–H groups in total. The molecule has 5 nitrogen and oxygen atoms in total. The number of benzene rings is 1. The zero-order valence-corrected chi connectivity index (χ0v) is 16.2. The number of thiazole rings is 1. The maximum atomic E-state index is 4.55.